The first-order chi connectivity index (χ1) is 13.5. The topological polar surface area (TPSA) is 61.2 Å². The smallest absolute Gasteiger partial charge is 0.331 e. The zero-order chi connectivity index (χ0) is 20.1. The highest BCUT2D eigenvalue weighted by Gasteiger charge is 2.16. The van der Waals surface area contributed by atoms with Gasteiger partial charge in [0.25, 0.3) is 0 Å². The summed E-state index contributed by atoms with van der Waals surface area (Å²) >= 11 is 0. The number of hydrogen-bond donors (Lipinski definition) is 0. The van der Waals surface area contributed by atoms with Crippen LogP contribution in [0.3, 0.4) is 0 Å². The molecular weight excluding hydrogens is 352 g/mol. The Morgan fingerprint density at radius 1 is 1.14 bits per heavy atom. The monoisotopic (exact) mass is 380 g/mol. The molecule has 2 aromatic rings. The normalized spacial score (nSPS) is 15.1. The number of carbonyl (C=O) groups is 2. The van der Waals surface area contributed by atoms with Crippen LogP contribution in [0.1, 0.15) is 70.9 Å². The minimum atomic E-state index is -0.533. The lowest BCUT2D eigenvalue weighted by Gasteiger charge is -2.22. The van der Waals surface area contributed by atoms with E-state index in [9.17, 15) is 9.59 Å². The van der Waals surface area contributed by atoms with Crippen molar-refractivity contribution >= 4 is 17.8 Å². The molecule has 0 unspecified atom stereocenters. The third-order valence-electron chi connectivity index (χ3n) is 5.61. The van der Waals surface area contributed by atoms with Crippen LogP contribution < -0.4 is 0 Å². The molecule has 0 saturated heterocycles. The molecule has 0 N–H and O–H groups in total. The number of benzene rings is 1. The highest BCUT2D eigenvalue weighted by atomic mass is 16.5. The van der Waals surface area contributed by atoms with Gasteiger partial charge in [0.2, 0.25) is 0 Å². The predicted molar refractivity (Wildman–Crippen MR) is 109 cm³/mol. The number of Topliss-reactive ketones (excluding diaryl/α,β-unsaturated/α-hetero) is 1. The number of aromatic nitrogens is 2. The Bertz CT molecular complexity index is 872. The fourth-order valence-electron chi connectivity index (χ4n) is 3.83. The van der Waals surface area contributed by atoms with Crippen molar-refractivity contribution in [1.29, 1.82) is 0 Å². The van der Waals surface area contributed by atoms with Crippen molar-refractivity contribution in [2.45, 2.75) is 51.9 Å². The molecule has 148 valence electrons. The van der Waals surface area contributed by atoms with Crippen LogP contribution in [-0.4, -0.2) is 28.1 Å². The highest BCUT2D eigenvalue weighted by molar-refractivity contribution is 5.99. The van der Waals surface area contributed by atoms with E-state index in [1.165, 1.54) is 43.7 Å². The lowest BCUT2D eigenvalue weighted by Crippen LogP contribution is -2.13. The zero-order valence-electron chi connectivity index (χ0n) is 16.9. The van der Waals surface area contributed by atoms with Gasteiger partial charge in [0.1, 0.15) is 0 Å². The molecule has 1 aliphatic rings. The molecule has 3 rings (SSSR count). The van der Waals surface area contributed by atoms with Crippen LogP contribution in [-0.2, 0) is 16.6 Å². The molecule has 0 amide bonds. The Morgan fingerprint density at radius 2 is 1.82 bits per heavy atom. The first kappa shape index (κ1) is 20.1. The Balaban J connectivity index is 1.53. The lowest BCUT2D eigenvalue weighted by atomic mass is 9.84. The first-order valence-electron chi connectivity index (χ1n) is 9.94. The molecule has 1 fully saturated rings. The van der Waals surface area contributed by atoms with E-state index in [0.29, 0.717) is 11.5 Å². The number of rotatable bonds is 6. The van der Waals surface area contributed by atoms with E-state index in [2.05, 4.69) is 5.10 Å². The quantitative estimate of drug-likeness (QED) is 0.420. The summed E-state index contributed by atoms with van der Waals surface area (Å²) in [7, 11) is 1.86. The number of ether oxygens (including phenoxy) is 1. The van der Waals surface area contributed by atoms with Crippen molar-refractivity contribution in [3.05, 3.63) is 58.4 Å². The Labute approximate surface area is 166 Å². The van der Waals surface area contributed by atoms with Crippen molar-refractivity contribution < 1.29 is 14.3 Å². The van der Waals surface area contributed by atoms with Crippen molar-refractivity contribution in [2.24, 2.45) is 7.05 Å². The second kappa shape index (κ2) is 9.00. The number of hydrogen-bond acceptors (Lipinski definition) is 4. The molecule has 0 radical (unpaired) electrons. The summed E-state index contributed by atoms with van der Waals surface area (Å²) in [5.74, 6) is -0.110. The summed E-state index contributed by atoms with van der Waals surface area (Å²) in [6, 6.07) is 7.77. The molecule has 1 aromatic carbocycles. The lowest BCUT2D eigenvalue weighted by molar-refractivity contribution is -0.136. The summed E-state index contributed by atoms with van der Waals surface area (Å²) in [6.07, 6.45) is 9.38. The predicted octanol–water partition coefficient (Wildman–Crippen LogP) is 4.52. The standard InChI is InChI=1S/C23H28N2O3/c1-16-21(17(2)25(3)24-16)13-14-23(27)28-15-22(26)20-11-9-19(10-12-20)18-7-5-4-6-8-18/h9-14,18H,4-8,15H2,1-3H3/b14-13+. The van der Waals surface area contributed by atoms with E-state index in [1.807, 2.05) is 45.2 Å². The van der Waals surface area contributed by atoms with E-state index >= 15 is 0 Å². The van der Waals surface area contributed by atoms with Gasteiger partial charge in [-0.3, -0.25) is 9.48 Å². The summed E-state index contributed by atoms with van der Waals surface area (Å²) in [6.45, 7) is 3.57. The van der Waals surface area contributed by atoms with Crippen LogP contribution in [0.4, 0.5) is 0 Å². The average molecular weight is 380 g/mol. The molecule has 0 spiro atoms. The molecule has 1 aliphatic carbocycles. The van der Waals surface area contributed by atoms with E-state index in [1.54, 1.807) is 10.8 Å². The number of nitrogens with zero attached hydrogens (tertiary/aromatic N) is 2. The van der Waals surface area contributed by atoms with E-state index in [4.69, 9.17) is 4.74 Å². The van der Waals surface area contributed by atoms with Gasteiger partial charge in [0.15, 0.2) is 12.4 Å². The van der Waals surface area contributed by atoms with Gasteiger partial charge in [0.05, 0.1) is 5.69 Å². The largest absolute Gasteiger partial charge is 0.454 e. The van der Waals surface area contributed by atoms with Crippen LogP contribution >= 0.6 is 0 Å². The molecule has 5 nitrogen and oxygen atoms in total. The van der Waals surface area contributed by atoms with Gasteiger partial charge in [-0.15, -0.1) is 0 Å². The molecule has 5 heteroatoms. The van der Waals surface area contributed by atoms with Crippen molar-refractivity contribution in [3.8, 4) is 0 Å². The minimum Gasteiger partial charge on any atom is -0.454 e. The van der Waals surface area contributed by atoms with Gasteiger partial charge in [-0.05, 0) is 44.2 Å². The second-order valence-electron chi connectivity index (χ2n) is 7.53. The number of esters is 1. The number of ketones is 1. The van der Waals surface area contributed by atoms with Crippen LogP contribution in [0.15, 0.2) is 30.3 Å². The molecular formula is C23H28N2O3. The molecule has 28 heavy (non-hydrogen) atoms. The van der Waals surface area contributed by atoms with Gasteiger partial charge in [0, 0.05) is 29.9 Å². The van der Waals surface area contributed by atoms with Crippen molar-refractivity contribution in [1.82, 2.24) is 9.78 Å². The maximum Gasteiger partial charge on any atom is 0.331 e. The van der Waals surface area contributed by atoms with Crippen LogP contribution in [0.25, 0.3) is 6.08 Å². The highest BCUT2D eigenvalue weighted by Crippen LogP contribution is 2.32. The summed E-state index contributed by atoms with van der Waals surface area (Å²) in [4.78, 5) is 24.3. The SMILES string of the molecule is Cc1nn(C)c(C)c1/C=C/C(=O)OCC(=O)c1ccc(C2CCCCC2)cc1. The Kier molecular flexibility index (Phi) is 6.45. The van der Waals surface area contributed by atoms with Crippen molar-refractivity contribution in [2.75, 3.05) is 6.61 Å². The third kappa shape index (κ3) is 4.77. The summed E-state index contributed by atoms with van der Waals surface area (Å²) in [5, 5.41) is 4.30. The molecule has 0 aliphatic heterocycles. The maximum atomic E-state index is 12.3. The van der Waals surface area contributed by atoms with Crippen LogP contribution in [0, 0.1) is 13.8 Å². The van der Waals surface area contributed by atoms with Gasteiger partial charge in [-0.1, -0.05) is 43.5 Å². The Hall–Kier alpha value is -2.69. The molecule has 1 heterocycles. The number of carbonyl (C=O) groups excluding carboxylic acids is 2. The minimum absolute atomic E-state index is 0.189. The van der Waals surface area contributed by atoms with Gasteiger partial charge >= 0.3 is 5.97 Å². The third-order valence-corrected chi connectivity index (χ3v) is 5.61. The van der Waals surface area contributed by atoms with E-state index in [-0.39, 0.29) is 12.4 Å². The number of aryl methyl sites for hydroxylation is 2. The summed E-state index contributed by atoms with van der Waals surface area (Å²) in [5.41, 5.74) is 4.59. The first-order valence-corrected chi connectivity index (χ1v) is 9.94. The van der Waals surface area contributed by atoms with E-state index < -0.39 is 5.97 Å². The van der Waals surface area contributed by atoms with Crippen LogP contribution in [0.5, 0.6) is 0 Å². The fraction of sp³-hybridized carbons (Fsp3) is 0.435. The van der Waals surface area contributed by atoms with E-state index in [0.717, 1.165) is 17.0 Å². The molecule has 1 aromatic heterocycles. The Morgan fingerprint density at radius 3 is 2.43 bits per heavy atom. The van der Waals surface area contributed by atoms with Gasteiger partial charge < -0.3 is 4.74 Å². The van der Waals surface area contributed by atoms with Gasteiger partial charge in [-0.25, -0.2) is 4.79 Å². The van der Waals surface area contributed by atoms with Crippen LogP contribution in [0.2, 0.25) is 0 Å². The fourth-order valence-corrected chi connectivity index (χ4v) is 3.83. The zero-order valence-corrected chi connectivity index (χ0v) is 16.9. The average Bonchev–Trinajstić information content (AvgIpc) is 2.96. The molecule has 0 bridgehead atoms. The maximum absolute atomic E-state index is 12.3. The molecule has 1 saturated carbocycles. The molecule has 0 atom stereocenters. The second-order valence-corrected chi connectivity index (χ2v) is 7.53. The van der Waals surface area contributed by atoms with Gasteiger partial charge in [-0.2, -0.15) is 5.10 Å². The summed E-state index contributed by atoms with van der Waals surface area (Å²) < 4.78 is 6.88. The van der Waals surface area contributed by atoms with Crippen molar-refractivity contribution in [3.63, 3.8) is 0 Å².